The highest BCUT2D eigenvalue weighted by Gasteiger charge is 2.09. The number of nitrogens with zero attached hydrogens (tertiary/aromatic N) is 1. The summed E-state index contributed by atoms with van der Waals surface area (Å²) in [6.45, 7) is 0.719. The predicted octanol–water partition coefficient (Wildman–Crippen LogP) is 1.91. The molecule has 0 aliphatic heterocycles. The van der Waals surface area contributed by atoms with Gasteiger partial charge in [-0.05, 0) is 42.8 Å². The van der Waals surface area contributed by atoms with Crippen molar-refractivity contribution >= 4 is 6.47 Å². The van der Waals surface area contributed by atoms with Crippen molar-refractivity contribution < 1.29 is 9.53 Å². The molecule has 0 aliphatic carbocycles. The highest BCUT2D eigenvalue weighted by molar-refractivity contribution is 5.41. The monoisotopic (exact) mass is 280 g/mol. The molecule has 1 aromatic carbocycles. The number of benzene rings is 1. The summed E-state index contributed by atoms with van der Waals surface area (Å²) in [5.41, 5.74) is 2.61. The van der Waals surface area contributed by atoms with Crippen molar-refractivity contribution in [3.8, 4) is 11.8 Å². The number of carbonyl (C=O) groups is 1. The Bertz CT molecular complexity index is 645. The SMILES string of the molecule is CN[C@@H](COC=O)c1ccnc(C#Cc2ccccc2)c1. The Hall–Kier alpha value is -2.64. The van der Waals surface area contributed by atoms with Crippen LogP contribution in [0, 0.1) is 11.8 Å². The molecule has 0 bridgehead atoms. The number of nitrogens with one attached hydrogen (secondary N) is 1. The molecule has 1 N–H and O–H groups in total. The van der Waals surface area contributed by atoms with E-state index in [1.807, 2.05) is 49.5 Å². The maximum absolute atomic E-state index is 10.3. The van der Waals surface area contributed by atoms with E-state index >= 15 is 0 Å². The first-order chi connectivity index (χ1) is 10.3. The summed E-state index contributed by atoms with van der Waals surface area (Å²) in [4.78, 5) is 14.5. The first kappa shape index (κ1) is 14.8. The molecular formula is C17H16N2O2. The van der Waals surface area contributed by atoms with Gasteiger partial charge in [-0.2, -0.15) is 0 Å². The fourth-order valence-corrected chi connectivity index (χ4v) is 1.87. The third kappa shape index (κ3) is 4.44. The Morgan fingerprint density at radius 3 is 2.81 bits per heavy atom. The van der Waals surface area contributed by atoms with Gasteiger partial charge >= 0.3 is 0 Å². The first-order valence-electron chi connectivity index (χ1n) is 6.59. The van der Waals surface area contributed by atoms with Gasteiger partial charge in [-0.1, -0.05) is 24.1 Å². The second kappa shape index (κ2) is 7.83. The molecule has 0 saturated heterocycles. The van der Waals surface area contributed by atoms with Crippen LogP contribution >= 0.6 is 0 Å². The zero-order chi connectivity index (χ0) is 14.9. The third-order valence-corrected chi connectivity index (χ3v) is 2.97. The van der Waals surface area contributed by atoms with Crippen molar-refractivity contribution in [3.05, 3.63) is 65.5 Å². The van der Waals surface area contributed by atoms with Crippen LogP contribution in [0.1, 0.15) is 22.9 Å². The number of aromatic nitrogens is 1. The van der Waals surface area contributed by atoms with Crippen LogP contribution in [0.3, 0.4) is 0 Å². The average molecular weight is 280 g/mol. The summed E-state index contributed by atoms with van der Waals surface area (Å²) < 4.78 is 4.81. The number of rotatable bonds is 5. The highest BCUT2D eigenvalue weighted by Crippen LogP contribution is 2.13. The van der Waals surface area contributed by atoms with Crippen molar-refractivity contribution in [2.24, 2.45) is 0 Å². The zero-order valence-corrected chi connectivity index (χ0v) is 11.7. The quantitative estimate of drug-likeness (QED) is 0.671. The van der Waals surface area contributed by atoms with Gasteiger partial charge in [0.15, 0.2) is 0 Å². The van der Waals surface area contributed by atoms with Gasteiger partial charge in [-0.3, -0.25) is 4.79 Å². The molecule has 0 radical (unpaired) electrons. The Morgan fingerprint density at radius 1 is 1.29 bits per heavy atom. The highest BCUT2D eigenvalue weighted by atomic mass is 16.5. The van der Waals surface area contributed by atoms with E-state index < -0.39 is 0 Å². The minimum atomic E-state index is -0.0736. The van der Waals surface area contributed by atoms with Crippen molar-refractivity contribution in [2.75, 3.05) is 13.7 Å². The Morgan fingerprint density at radius 2 is 2.10 bits per heavy atom. The van der Waals surface area contributed by atoms with E-state index in [9.17, 15) is 4.79 Å². The van der Waals surface area contributed by atoms with Crippen LogP contribution in [0.25, 0.3) is 0 Å². The van der Waals surface area contributed by atoms with Crippen molar-refractivity contribution in [1.29, 1.82) is 0 Å². The molecule has 2 aromatic rings. The fraction of sp³-hybridized carbons (Fsp3) is 0.176. The summed E-state index contributed by atoms with van der Waals surface area (Å²) in [6, 6.07) is 13.4. The average Bonchev–Trinajstić information content (AvgIpc) is 2.55. The van der Waals surface area contributed by atoms with Gasteiger partial charge in [-0.15, -0.1) is 0 Å². The lowest BCUT2D eigenvalue weighted by molar-refractivity contribution is -0.129. The molecular weight excluding hydrogens is 264 g/mol. The van der Waals surface area contributed by atoms with E-state index in [4.69, 9.17) is 4.74 Å². The molecule has 1 atom stereocenters. The number of pyridine rings is 1. The predicted molar refractivity (Wildman–Crippen MR) is 80.5 cm³/mol. The number of likely N-dealkylation sites (N-methyl/N-ethyl adjacent to an activating group) is 1. The van der Waals surface area contributed by atoms with Gasteiger partial charge in [0, 0.05) is 11.8 Å². The third-order valence-electron chi connectivity index (χ3n) is 2.97. The summed E-state index contributed by atoms with van der Waals surface area (Å²) in [5.74, 6) is 6.11. The van der Waals surface area contributed by atoms with Gasteiger partial charge in [-0.25, -0.2) is 4.98 Å². The second-order valence-corrected chi connectivity index (χ2v) is 4.36. The lowest BCUT2D eigenvalue weighted by Crippen LogP contribution is -2.21. The van der Waals surface area contributed by atoms with E-state index in [1.54, 1.807) is 6.20 Å². The molecule has 0 fully saturated rings. The smallest absolute Gasteiger partial charge is 0.293 e. The fourth-order valence-electron chi connectivity index (χ4n) is 1.87. The number of carbonyl (C=O) groups excluding carboxylic acids is 1. The van der Waals surface area contributed by atoms with Crippen LogP contribution in [0.15, 0.2) is 48.7 Å². The summed E-state index contributed by atoms with van der Waals surface area (Å²) in [7, 11) is 1.81. The van der Waals surface area contributed by atoms with E-state index in [0.29, 0.717) is 12.2 Å². The molecule has 0 saturated carbocycles. The normalized spacial score (nSPS) is 11.1. The summed E-state index contributed by atoms with van der Waals surface area (Å²) >= 11 is 0. The largest absolute Gasteiger partial charge is 0.466 e. The topological polar surface area (TPSA) is 51.2 Å². The molecule has 0 aliphatic rings. The summed E-state index contributed by atoms with van der Waals surface area (Å²) in [6.07, 6.45) is 1.70. The van der Waals surface area contributed by atoms with Crippen LogP contribution in [0.2, 0.25) is 0 Å². The van der Waals surface area contributed by atoms with E-state index in [0.717, 1.165) is 11.1 Å². The maximum Gasteiger partial charge on any atom is 0.293 e. The molecule has 4 nitrogen and oxygen atoms in total. The first-order valence-corrected chi connectivity index (χ1v) is 6.59. The zero-order valence-electron chi connectivity index (χ0n) is 11.7. The molecule has 2 rings (SSSR count). The maximum atomic E-state index is 10.3. The second-order valence-electron chi connectivity index (χ2n) is 4.36. The Labute approximate surface area is 124 Å². The van der Waals surface area contributed by atoms with Crippen LogP contribution in [0.4, 0.5) is 0 Å². The van der Waals surface area contributed by atoms with E-state index in [1.165, 1.54) is 0 Å². The lowest BCUT2D eigenvalue weighted by Gasteiger charge is -2.15. The molecule has 21 heavy (non-hydrogen) atoms. The standard InChI is InChI=1S/C17H16N2O2/c1-18-17(12-21-13-20)15-9-10-19-16(11-15)8-7-14-5-3-2-4-6-14/h2-6,9-11,13,17-18H,12H2,1H3/t17-/m0/s1. The summed E-state index contributed by atoms with van der Waals surface area (Å²) in [5, 5.41) is 3.09. The molecule has 1 heterocycles. The van der Waals surface area contributed by atoms with Crippen molar-refractivity contribution in [1.82, 2.24) is 10.3 Å². The number of ether oxygens (including phenoxy) is 1. The molecule has 0 spiro atoms. The van der Waals surface area contributed by atoms with Gasteiger partial charge in [0.05, 0.1) is 6.04 Å². The lowest BCUT2D eigenvalue weighted by atomic mass is 10.1. The molecule has 106 valence electrons. The Kier molecular flexibility index (Phi) is 5.50. The minimum Gasteiger partial charge on any atom is -0.466 e. The Balaban J connectivity index is 2.17. The number of hydrogen-bond acceptors (Lipinski definition) is 4. The van der Waals surface area contributed by atoms with Gasteiger partial charge in [0.25, 0.3) is 6.47 Å². The molecule has 4 heteroatoms. The van der Waals surface area contributed by atoms with Gasteiger partial charge in [0.1, 0.15) is 12.3 Å². The van der Waals surface area contributed by atoms with Crippen LogP contribution in [-0.2, 0) is 9.53 Å². The van der Waals surface area contributed by atoms with Crippen LogP contribution < -0.4 is 5.32 Å². The molecule has 0 unspecified atom stereocenters. The van der Waals surface area contributed by atoms with Crippen molar-refractivity contribution in [3.63, 3.8) is 0 Å². The minimum absolute atomic E-state index is 0.0736. The van der Waals surface area contributed by atoms with Gasteiger partial charge < -0.3 is 10.1 Å². The van der Waals surface area contributed by atoms with E-state index in [-0.39, 0.29) is 12.6 Å². The van der Waals surface area contributed by atoms with Crippen LogP contribution in [-0.4, -0.2) is 25.1 Å². The van der Waals surface area contributed by atoms with Crippen molar-refractivity contribution in [2.45, 2.75) is 6.04 Å². The molecule has 0 amide bonds. The van der Waals surface area contributed by atoms with E-state index in [2.05, 4.69) is 22.1 Å². The number of hydrogen-bond donors (Lipinski definition) is 1. The van der Waals surface area contributed by atoms with Gasteiger partial charge in [0.2, 0.25) is 0 Å². The van der Waals surface area contributed by atoms with Crippen LogP contribution in [0.5, 0.6) is 0 Å². The molecule has 1 aromatic heterocycles.